The summed E-state index contributed by atoms with van der Waals surface area (Å²) in [6.45, 7) is 5.14. The molecule has 8 nitrogen and oxygen atoms in total. The summed E-state index contributed by atoms with van der Waals surface area (Å²) in [6.07, 6.45) is 2.72. The maximum absolute atomic E-state index is 12.4. The summed E-state index contributed by atoms with van der Waals surface area (Å²) in [4.78, 5) is 35.8. The second kappa shape index (κ2) is 12.5. The van der Waals surface area contributed by atoms with Gasteiger partial charge >= 0.3 is 0 Å². The third kappa shape index (κ3) is 7.43. The number of carbonyl (C=O) groups is 3. The number of unbranched alkanes of at least 4 members (excludes halogenated alkanes) is 1. The molecule has 0 unspecified atom stereocenters. The molecule has 0 fully saturated rings. The molecule has 3 amide bonds. The van der Waals surface area contributed by atoms with Gasteiger partial charge in [0.15, 0.2) is 0 Å². The van der Waals surface area contributed by atoms with Gasteiger partial charge in [-0.3, -0.25) is 19.5 Å². The maximum atomic E-state index is 12.4. The zero-order chi connectivity index (χ0) is 24.3. The fraction of sp³-hybridized carbons (Fsp3) is 0.385. The van der Waals surface area contributed by atoms with Gasteiger partial charge in [0.1, 0.15) is 0 Å². The molecule has 0 saturated heterocycles. The quantitative estimate of drug-likeness (QED) is 0.308. The molecule has 0 aliphatic rings. The summed E-state index contributed by atoms with van der Waals surface area (Å²) >= 11 is 0. The van der Waals surface area contributed by atoms with Crippen molar-refractivity contribution >= 4 is 28.6 Å². The molecule has 1 heterocycles. The predicted molar refractivity (Wildman–Crippen MR) is 133 cm³/mol. The predicted octanol–water partition coefficient (Wildman–Crippen LogP) is 3.41. The summed E-state index contributed by atoms with van der Waals surface area (Å²) in [7, 11) is 0. The number of benzene rings is 2. The molecule has 0 spiro atoms. The fourth-order valence-electron chi connectivity index (χ4n) is 3.49. The second-order valence-electron chi connectivity index (χ2n) is 8.72. The highest BCUT2D eigenvalue weighted by molar-refractivity contribution is 5.96. The van der Waals surface area contributed by atoms with Crippen LogP contribution in [0.5, 0.6) is 0 Å². The van der Waals surface area contributed by atoms with Crippen LogP contribution in [-0.4, -0.2) is 47.6 Å². The van der Waals surface area contributed by atoms with Crippen molar-refractivity contribution in [2.24, 2.45) is 5.92 Å². The number of nitrogens with zero attached hydrogens (tertiary/aromatic N) is 1. The number of rotatable bonds is 12. The number of nitrogens with one attached hydrogen (secondary N) is 4. The molecule has 0 bridgehead atoms. The molecular formula is C26H33N5O3. The van der Waals surface area contributed by atoms with Gasteiger partial charge in [0.25, 0.3) is 5.91 Å². The monoisotopic (exact) mass is 463 g/mol. The lowest BCUT2D eigenvalue weighted by atomic mass is 10.1. The van der Waals surface area contributed by atoms with E-state index < -0.39 is 0 Å². The lowest BCUT2D eigenvalue weighted by Gasteiger charge is -2.09. The van der Waals surface area contributed by atoms with Crippen molar-refractivity contribution in [3.63, 3.8) is 0 Å². The minimum atomic E-state index is -0.202. The van der Waals surface area contributed by atoms with Gasteiger partial charge in [0.2, 0.25) is 11.8 Å². The Morgan fingerprint density at radius 2 is 1.59 bits per heavy atom. The van der Waals surface area contributed by atoms with Gasteiger partial charge in [0.05, 0.1) is 17.8 Å². The lowest BCUT2D eigenvalue weighted by Crippen LogP contribution is -2.37. The van der Waals surface area contributed by atoms with Gasteiger partial charge in [-0.1, -0.05) is 44.2 Å². The van der Waals surface area contributed by atoms with Gasteiger partial charge < -0.3 is 16.0 Å². The van der Waals surface area contributed by atoms with Gasteiger partial charge in [0, 0.05) is 36.0 Å². The smallest absolute Gasteiger partial charge is 0.251 e. The molecule has 1 aromatic heterocycles. The number of hydrogen-bond acceptors (Lipinski definition) is 4. The van der Waals surface area contributed by atoms with E-state index in [9.17, 15) is 14.4 Å². The van der Waals surface area contributed by atoms with Crippen LogP contribution in [-0.2, 0) is 9.59 Å². The zero-order valence-corrected chi connectivity index (χ0v) is 19.8. The van der Waals surface area contributed by atoms with Crippen molar-refractivity contribution in [2.75, 3.05) is 19.6 Å². The van der Waals surface area contributed by atoms with Crippen LogP contribution in [0.25, 0.3) is 22.2 Å². The van der Waals surface area contributed by atoms with Crippen LogP contribution in [0.3, 0.4) is 0 Å². The van der Waals surface area contributed by atoms with Crippen molar-refractivity contribution in [1.82, 2.24) is 26.1 Å². The molecule has 4 N–H and O–H groups in total. The minimum Gasteiger partial charge on any atom is -0.355 e. The molecule has 0 radical (unpaired) electrons. The normalized spacial score (nSPS) is 10.9. The SMILES string of the molecule is CC(C)CCC(=O)NCC(=O)NCCCCNC(=O)c1ccc(-c2n[nH]c3ccccc23)cc1. The van der Waals surface area contributed by atoms with Gasteiger partial charge in [-0.25, -0.2) is 0 Å². The van der Waals surface area contributed by atoms with Crippen LogP contribution in [0.2, 0.25) is 0 Å². The third-order valence-electron chi connectivity index (χ3n) is 5.50. The Balaban J connectivity index is 1.32. The molecule has 0 atom stereocenters. The summed E-state index contributed by atoms with van der Waals surface area (Å²) in [5, 5.41) is 16.8. The summed E-state index contributed by atoms with van der Waals surface area (Å²) in [6, 6.07) is 15.3. The summed E-state index contributed by atoms with van der Waals surface area (Å²) in [5.41, 5.74) is 3.37. The van der Waals surface area contributed by atoms with Crippen molar-refractivity contribution in [3.05, 3.63) is 54.1 Å². The Bertz CT molecular complexity index is 1110. The number of hydrogen-bond donors (Lipinski definition) is 4. The molecular weight excluding hydrogens is 430 g/mol. The van der Waals surface area contributed by atoms with E-state index in [1.807, 2.05) is 36.4 Å². The highest BCUT2D eigenvalue weighted by Gasteiger charge is 2.10. The standard InChI is InChI=1S/C26H33N5O3/c1-18(2)9-14-23(32)29-17-24(33)27-15-5-6-16-28-26(34)20-12-10-19(11-13-20)25-21-7-3-4-8-22(21)30-31-25/h3-4,7-8,10-13,18H,5-6,9,14-17H2,1-2H3,(H,27,33)(H,28,34)(H,29,32)(H,30,31). The minimum absolute atomic E-state index is 0.00225. The van der Waals surface area contributed by atoms with E-state index in [2.05, 4.69) is 40.0 Å². The van der Waals surface area contributed by atoms with Crippen molar-refractivity contribution in [3.8, 4) is 11.3 Å². The zero-order valence-electron chi connectivity index (χ0n) is 19.8. The van der Waals surface area contributed by atoms with Gasteiger partial charge in [-0.15, -0.1) is 0 Å². The lowest BCUT2D eigenvalue weighted by molar-refractivity contribution is -0.126. The number of aromatic nitrogens is 2. The number of H-pyrrole nitrogens is 1. The molecule has 2 aromatic carbocycles. The third-order valence-corrected chi connectivity index (χ3v) is 5.50. The molecule has 0 aliphatic heterocycles. The number of amides is 3. The first-order valence-corrected chi connectivity index (χ1v) is 11.8. The first-order valence-electron chi connectivity index (χ1n) is 11.8. The Morgan fingerprint density at radius 3 is 2.32 bits per heavy atom. The van der Waals surface area contributed by atoms with Crippen LogP contribution in [0, 0.1) is 5.92 Å². The highest BCUT2D eigenvalue weighted by Crippen LogP contribution is 2.26. The van der Waals surface area contributed by atoms with E-state index in [0.717, 1.165) is 41.4 Å². The molecule has 180 valence electrons. The molecule has 8 heteroatoms. The van der Waals surface area contributed by atoms with Crippen LogP contribution >= 0.6 is 0 Å². The summed E-state index contributed by atoms with van der Waals surface area (Å²) < 4.78 is 0. The van der Waals surface area contributed by atoms with E-state index >= 15 is 0 Å². The largest absolute Gasteiger partial charge is 0.355 e. The average molecular weight is 464 g/mol. The van der Waals surface area contributed by atoms with Crippen LogP contribution in [0.1, 0.15) is 49.9 Å². The average Bonchev–Trinajstić information content (AvgIpc) is 3.27. The first kappa shape index (κ1) is 25.0. The van der Waals surface area contributed by atoms with Gasteiger partial charge in [-0.2, -0.15) is 5.10 Å². The molecule has 0 saturated carbocycles. The number of para-hydroxylation sites is 1. The maximum Gasteiger partial charge on any atom is 0.251 e. The number of aromatic amines is 1. The Labute approximate surface area is 199 Å². The van der Waals surface area contributed by atoms with E-state index in [1.54, 1.807) is 12.1 Å². The number of fused-ring (bicyclic) bond motifs is 1. The van der Waals surface area contributed by atoms with Crippen LogP contribution in [0.4, 0.5) is 0 Å². The Morgan fingerprint density at radius 1 is 0.882 bits per heavy atom. The van der Waals surface area contributed by atoms with Crippen molar-refractivity contribution in [1.29, 1.82) is 0 Å². The molecule has 0 aliphatic carbocycles. The first-order chi connectivity index (χ1) is 16.4. The molecule has 3 aromatic rings. The van der Waals surface area contributed by atoms with E-state index in [0.29, 0.717) is 31.0 Å². The van der Waals surface area contributed by atoms with Crippen molar-refractivity contribution < 1.29 is 14.4 Å². The topological polar surface area (TPSA) is 116 Å². The van der Waals surface area contributed by atoms with Crippen LogP contribution < -0.4 is 16.0 Å². The van der Waals surface area contributed by atoms with E-state index in [1.165, 1.54) is 0 Å². The second-order valence-corrected chi connectivity index (χ2v) is 8.72. The summed E-state index contributed by atoms with van der Waals surface area (Å²) in [5.74, 6) is 0.0256. The molecule has 3 rings (SSSR count). The van der Waals surface area contributed by atoms with E-state index in [-0.39, 0.29) is 24.3 Å². The van der Waals surface area contributed by atoms with Crippen molar-refractivity contribution in [2.45, 2.75) is 39.5 Å². The van der Waals surface area contributed by atoms with Gasteiger partial charge in [-0.05, 0) is 43.4 Å². The Kier molecular flexibility index (Phi) is 9.20. The fourth-order valence-corrected chi connectivity index (χ4v) is 3.49. The molecule has 34 heavy (non-hydrogen) atoms. The Hall–Kier alpha value is -3.68. The van der Waals surface area contributed by atoms with Crippen LogP contribution in [0.15, 0.2) is 48.5 Å². The number of carbonyl (C=O) groups excluding carboxylic acids is 3. The van der Waals surface area contributed by atoms with E-state index in [4.69, 9.17) is 0 Å². The highest BCUT2D eigenvalue weighted by atomic mass is 16.2.